The lowest BCUT2D eigenvalue weighted by molar-refractivity contribution is -0.140. The Balaban J connectivity index is 0.00000625. The Bertz CT molecular complexity index is 462. The number of benzene rings is 1. The largest absolute Gasteiger partial charge is 0.425 e. The van der Waals surface area contributed by atoms with Crippen molar-refractivity contribution in [2.24, 2.45) is 0 Å². The van der Waals surface area contributed by atoms with Crippen molar-refractivity contribution in [1.82, 2.24) is 5.32 Å². The highest BCUT2D eigenvalue weighted by Gasteiger charge is 2.28. The first kappa shape index (κ1) is 24.9. The lowest BCUT2D eigenvalue weighted by Gasteiger charge is -2.24. The highest BCUT2D eigenvalue weighted by atomic mass is 35.5. The zero-order valence-electron chi connectivity index (χ0n) is 16.9. The van der Waals surface area contributed by atoms with Crippen LogP contribution in [0.5, 0.6) is 5.75 Å². The second-order valence-electron chi connectivity index (χ2n) is 7.44. The highest BCUT2D eigenvalue weighted by Crippen LogP contribution is 2.14. The summed E-state index contributed by atoms with van der Waals surface area (Å²) in [6.07, 6.45) is 13.2. The van der Waals surface area contributed by atoms with E-state index in [1.54, 1.807) is 12.1 Å². The van der Waals surface area contributed by atoms with Gasteiger partial charge in [-0.2, -0.15) is 0 Å². The molecule has 0 radical (unpaired) electrons. The number of carbonyl (C=O) groups is 1. The van der Waals surface area contributed by atoms with Crippen molar-refractivity contribution in [1.29, 1.82) is 0 Å². The molecule has 0 spiro atoms. The smallest absolute Gasteiger partial charge is 0.331 e. The molecule has 0 aliphatic heterocycles. The van der Waals surface area contributed by atoms with Gasteiger partial charge in [0.1, 0.15) is 11.3 Å². The normalized spacial score (nSPS) is 11.0. The van der Waals surface area contributed by atoms with Gasteiger partial charge in [0.05, 0.1) is 0 Å². The number of ether oxygens (including phenoxy) is 1. The number of unbranched alkanes of at least 4 members (excludes halogenated alkanes) is 9. The standard InChI is InChI=1S/C22H37NO2.ClH/c1-4-5-6-7-8-9-10-11-12-16-19-23-22(2,3)21(24)25-20-17-14-13-15-18-20;/h13-15,17-18,23H,4-12,16,19H2,1-3H3;1H. The molecule has 0 atom stereocenters. The summed E-state index contributed by atoms with van der Waals surface area (Å²) >= 11 is 0. The molecule has 0 amide bonds. The third kappa shape index (κ3) is 11.5. The van der Waals surface area contributed by atoms with Crippen molar-refractivity contribution >= 4 is 18.4 Å². The van der Waals surface area contributed by atoms with E-state index in [9.17, 15) is 4.79 Å². The molecule has 0 heterocycles. The average Bonchev–Trinajstić information content (AvgIpc) is 2.60. The number of hydrogen-bond donors (Lipinski definition) is 1. The van der Waals surface area contributed by atoms with Crippen LogP contribution in [0.2, 0.25) is 0 Å². The molecule has 0 fully saturated rings. The lowest BCUT2D eigenvalue weighted by atomic mass is 10.0. The van der Waals surface area contributed by atoms with Gasteiger partial charge in [0.2, 0.25) is 0 Å². The van der Waals surface area contributed by atoms with Crippen molar-refractivity contribution in [3.63, 3.8) is 0 Å². The Kier molecular flexibility index (Phi) is 14.4. The fourth-order valence-electron chi connectivity index (χ4n) is 2.81. The Morgan fingerprint density at radius 1 is 0.885 bits per heavy atom. The molecule has 0 unspecified atom stereocenters. The van der Waals surface area contributed by atoms with Crippen molar-refractivity contribution in [3.8, 4) is 5.75 Å². The average molecular weight is 384 g/mol. The minimum absolute atomic E-state index is 0. The minimum Gasteiger partial charge on any atom is -0.425 e. The molecule has 1 aromatic rings. The Labute approximate surface area is 166 Å². The van der Waals surface area contributed by atoms with Crippen molar-refractivity contribution < 1.29 is 9.53 Å². The minimum atomic E-state index is -0.658. The molecule has 0 aliphatic carbocycles. The van der Waals surface area contributed by atoms with Gasteiger partial charge < -0.3 is 10.1 Å². The van der Waals surface area contributed by atoms with Crippen LogP contribution in [0.25, 0.3) is 0 Å². The summed E-state index contributed by atoms with van der Waals surface area (Å²) in [5.41, 5.74) is -0.658. The van der Waals surface area contributed by atoms with Crippen LogP contribution in [0.3, 0.4) is 0 Å². The van der Waals surface area contributed by atoms with Gasteiger partial charge >= 0.3 is 5.97 Å². The van der Waals surface area contributed by atoms with E-state index in [1.165, 1.54) is 57.8 Å². The van der Waals surface area contributed by atoms with Crippen molar-refractivity contribution in [2.75, 3.05) is 6.54 Å². The predicted molar refractivity (Wildman–Crippen MR) is 113 cm³/mol. The molecule has 26 heavy (non-hydrogen) atoms. The molecule has 0 bridgehead atoms. The third-order valence-electron chi connectivity index (χ3n) is 4.56. The summed E-state index contributed by atoms with van der Waals surface area (Å²) < 4.78 is 5.43. The van der Waals surface area contributed by atoms with E-state index in [1.807, 2.05) is 32.0 Å². The molecule has 1 aromatic carbocycles. The van der Waals surface area contributed by atoms with Gasteiger partial charge in [-0.05, 0) is 38.9 Å². The quantitative estimate of drug-likeness (QED) is 0.232. The first-order valence-corrected chi connectivity index (χ1v) is 10.1. The number of rotatable bonds is 14. The van der Waals surface area contributed by atoms with Crippen molar-refractivity contribution in [2.45, 2.75) is 90.5 Å². The molecule has 0 saturated heterocycles. The number of carbonyl (C=O) groups excluding carboxylic acids is 1. The number of halogens is 1. The van der Waals surface area contributed by atoms with Gasteiger partial charge in [0, 0.05) is 0 Å². The van der Waals surface area contributed by atoms with Crippen LogP contribution in [0.4, 0.5) is 0 Å². The second-order valence-corrected chi connectivity index (χ2v) is 7.44. The second kappa shape index (κ2) is 15.0. The van der Waals surface area contributed by atoms with Crippen LogP contribution < -0.4 is 10.1 Å². The van der Waals surface area contributed by atoms with Gasteiger partial charge in [-0.3, -0.25) is 0 Å². The Morgan fingerprint density at radius 3 is 1.92 bits per heavy atom. The summed E-state index contributed by atoms with van der Waals surface area (Å²) in [5, 5.41) is 3.33. The summed E-state index contributed by atoms with van der Waals surface area (Å²) in [5.74, 6) is 0.368. The Hall–Kier alpha value is -1.06. The topological polar surface area (TPSA) is 38.3 Å². The molecule has 4 heteroatoms. The van der Waals surface area contributed by atoms with Crippen LogP contribution in [-0.2, 0) is 4.79 Å². The monoisotopic (exact) mass is 383 g/mol. The summed E-state index contributed by atoms with van der Waals surface area (Å²) in [7, 11) is 0. The van der Waals surface area contributed by atoms with E-state index in [0.717, 1.165) is 13.0 Å². The number of esters is 1. The molecule has 0 aromatic heterocycles. The summed E-state index contributed by atoms with van der Waals surface area (Å²) in [4.78, 5) is 12.3. The molecule has 3 nitrogen and oxygen atoms in total. The van der Waals surface area contributed by atoms with E-state index in [0.29, 0.717) is 5.75 Å². The van der Waals surface area contributed by atoms with Gasteiger partial charge in [-0.25, -0.2) is 4.79 Å². The number of nitrogens with one attached hydrogen (secondary N) is 1. The molecule has 1 N–H and O–H groups in total. The maximum absolute atomic E-state index is 12.3. The van der Waals surface area contributed by atoms with Crippen LogP contribution in [0.1, 0.15) is 85.0 Å². The molecule has 150 valence electrons. The summed E-state index contributed by atoms with van der Waals surface area (Å²) in [6.45, 7) is 6.88. The zero-order valence-corrected chi connectivity index (χ0v) is 17.7. The highest BCUT2D eigenvalue weighted by molar-refractivity contribution is 5.85. The van der Waals surface area contributed by atoms with E-state index in [2.05, 4.69) is 12.2 Å². The van der Waals surface area contributed by atoms with Crippen LogP contribution in [0, 0.1) is 0 Å². The molecular formula is C22H38ClNO2. The Morgan fingerprint density at radius 2 is 1.38 bits per heavy atom. The van der Waals surface area contributed by atoms with Gasteiger partial charge in [-0.15, -0.1) is 12.4 Å². The SMILES string of the molecule is CCCCCCCCCCCCNC(C)(C)C(=O)Oc1ccccc1.Cl. The maximum atomic E-state index is 12.3. The zero-order chi connectivity index (χ0) is 18.4. The summed E-state index contributed by atoms with van der Waals surface area (Å²) in [6, 6.07) is 9.25. The molecular weight excluding hydrogens is 346 g/mol. The van der Waals surface area contributed by atoms with Crippen LogP contribution >= 0.6 is 12.4 Å². The first-order valence-electron chi connectivity index (χ1n) is 10.1. The van der Waals surface area contributed by atoms with E-state index < -0.39 is 5.54 Å². The lowest BCUT2D eigenvalue weighted by Crippen LogP contribution is -2.49. The number of para-hydroxylation sites is 1. The fraction of sp³-hybridized carbons (Fsp3) is 0.682. The maximum Gasteiger partial charge on any atom is 0.331 e. The van der Waals surface area contributed by atoms with Crippen LogP contribution in [-0.4, -0.2) is 18.1 Å². The predicted octanol–water partition coefficient (Wildman–Crippen LogP) is 6.30. The van der Waals surface area contributed by atoms with E-state index in [4.69, 9.17) is 4.74 Å². The van der Waals surface area contributed by atoms with Crippen LogP contribution in [0.15, 0.2) is 30.3 Å². The third-order valence-corrected chi connectivity index (χ3v) is 4.56. The van der Waals surface area contributed by atoms with Gasteiger partial charge in [0.25, 0.3) is 0 Å². The van der Waals surface area contributed by atoms with Gasteiger partial charge in [0.15, 0.2) is 0 Å². The van der Waals surface area contributed by atoms with Gasteiger partial charge in [-0.1, -0.05) is 82.9 Å². The fourth-order valence-corrected chi connectivity index (χ4v) is 2.81. The number of hydrogen-bond acceptors (Lipinski definition) is 3. The van der Waals surface area contributed by atoms with Crippen molar-refractivity contribution in [3.05, 3.63) is 30.3 Å². The molecule has 1 rings (SSSR count). The van der Waals surface area contributed by atoms with E-state index >= 15 is 0 Å². The van der Waals surface area contributed by atoms with E-state index in [-0.39, 0.29) is 18.4 Å². The molecule has 0 saturated carbocycles. The first-order chi connectivity index (χ1) is 12.1. The molecule has 0 aliphatic rings.